The Hall–Kier alpha value is -1.94. The highest BCUT2D eigenvalue weighted by atomic mass is 16.5. The largest absolute Gasteiger partial charge is 0.342 e. The van der Waals surface area contributed by atoms with Gasteiger partial charge in [0, 0.05) is 12.1 Å². The molecule has 1 N–H and O–H groups in total. The molecular formula is C17H23N3O. The van der Waals surface area contributed by atoms with Gasteiger partial charge in [0.25, 0.3) is 0 Å². The van der Waals surface area contributed by atoms with Gasteiger partial charge in [0.1, 0.15) is 0 Å². The molecule has 1 atom stereocenters. The van der Waals surface area contributed by atoms with Crippen molar-refractivity contribution in [3.8, 4) is 11.4 Å². The fourth-order valence-electron chi connectivity index (χ4n) is 2.33. The van der Waals surface area contributed by atoms with Gasteiger partial charge in [-0.1, -0.05) is 48.8 Å². The van der Waals surface area contributed by atoms with Crippen molar-refractivity contribution in [1.29, 1.82) is 0 Å². The van der Waals surface area contributed by atoms with Gasteiger partial charge in [-0.15, -0.1) is 6.58 Å². The molecule has 0 aliphatic heterocycles. The first-order valence-corrected chi connectivity index (χ1v) is 7.50. The third-order valence-corrected chi connectivity index (χ3v) is 3.71. The van der Waals surface area contributed by atoms with E-state index in [1.54, 1.807) is 0 Å². The minimum absolute atomic E-state index is 0.629. The third kappa shape index (κ3) is 4.83. The summed E-state index contributed by atoms with van der Waals surface area (Å²) < 4.78 is 4.75. The van der Waals surface area contributed by atoms with Crippen molar-refractivity contribution < 1.29 is 4.52 Å². The van der Waals surface area contributed by atoms with E-state index in [0.717, 1.165) is 31.0 Å². The molecule has 2 aromatic rings. The zero-order chi connectivity index (χ0) is 14.9. The molecule has 0 aliphatic rings. The van der Waals surface area contributed by atoms with Gasteiger partial charge in [-0.25, -0.2) is 0 Å². The van der Waals surface area contributed by atoms with E-state index in [-0.39, 0.29) is 0 Å². The maximum absolute atomic E-state index is 4.75. The van der Waals surface area contributed by atoms with Gasteiger partial charge in [0.15, 0.2) is 0 Å². The molecule has 0 aliphatic carbocycles. The first-order valence-electron chi connectivity index (χ1n) is 7.50. The summed E-state index contributed by atoms with van der Waals surface area (Å²) in [7, 11) is 0. The molecule has 4 nitrogen and oxygen atoms in total. The third-order valence-electron chi connectivity index (χ3n) is 3.71. The summed E-state index contributed by atoms with van der Waals surface area (Å²) in [5.74, 6) is 1.38. The zero-order valence-corrected chi connectivity index (χ0v) is 12.6. The number of hydrogen-bond acceptors (Lipinski definition) is 4. The molecular weight excluding hydrogens is 262 g/mol. The molecule has 0 saturated heterocycles. The number of benzene rings is 1. The van der Waals surface area contributed by atoms with Gasteiger partial charge >= 0.3 is 0 Å². The van der Waals surface area contributed by atoms with E-state index in [2.05, 4.69) is 41.1 Å². The van der Waals surface area contributed by atoms with Crippen molar-refractivity contribution in [1.82, 2.24) is 15.5 Å². The van der Waals surface area contributed by atoms with Crippen LogP contribution in [-0.4, -0.2) is 16.7 Å². The molecule has 0 saturated carbocycles. The van der Waals surface area contributed by atoms with E-state index < -0.39 is 0 Å². The van der Waals surface area contributed by atoms with Crippen LogP contribution in [0.3, 0.4) is 0 Å². The van der Waals surface area contributed by atoms with Crippen LogP contribution in [-0.2, 0) is 6.54 Å². The number of nitrogens with one attached hydrogen (secondary N) is 1. The lowest BCUT2D eigenvalue weighted by atomic mass is 9.98. The summed E-state index contributed by atoms with van der Waals surface area (Å²) >= 11 is 0. The van der Waals surface area contributed by atoms with Crippen LogP contribution in [0.15, 0.2) is 47.8 Å². The van der Waals surface area contributed by atoms with Gasteiger partial charge in [-0.05, 0) is 30.9 Å². The fraction of sp³-hybridized carbons (Fsp3) is 0.412. The molecule has 0 fully saturated rings. The fourth-order valence-corrected chi connectivity index (χ4v) is 2.33. The molecule has 0 amide bonds. The van der Waals surface area contributed by atoms with E-state index in [9.17, 15) is 0 Å². The second-order valence-electron chi connectivity index (χ2n) is 5.22. The lowest BCUT2D eigenvalue weighted by molar-refractivity contribution is 0.419. The van der Waals surface area contributed by atoms with Gasteiger partial charge in [-0.2, -0.15) is 4.98 Å². The van der Waals surface area contributed by atoms with Crippen molar-refractivity contribution >= 4 is 0 Å². The standard InChI is InChI=1S/C17H23N3O/c1-3-5-14(4-2)10-11-18-12-15-6-8-16(9-7-15)17-19-13-21-20-17/h3,6-9,13-14,18H,1,4-5,10-12H2,2H3. The van der Waals surface area contributed by atoms with Crippen LogP contribution < -0.4 is 5.32 Å². The van der Waals surface area contributed by atoms with Crippen LogP contribution in [0.2, 0.25) is 0 Å². The first kappa shape index (κ1) is 15.4. The zero-order valence-electron chi connectivity index (χ0n) is 12.6. The Labute approximate surface area is 126 Å². The van der Waals surface area contributed by atoms with Crippen LogP contribution in [0.5, 0.6) is 0 Å². The maximum Gasteiger partial charge on any atom is 0.214 e. The monoisotopic (exact) mass is 285 g/mol. The van der Waals surface area contributed by atoms with Crippen molar-refractivity contribution in [2.45, 2.75) is 32.7 Å². The second-order valence-corrected chi connectivity index (χ2v) is 5.22. The Morgan fingerprint density at radius 1 is 1.33 bits per heavy atom. The maximum atomic E-state index is 4.75. The van der Waals surface area contributed by atoms with Crippen molar-refractivity contribution in [2.24, 2.45) is 5.92 Å². The molecule has 0 bridgehead atoms. The molecule has 1 aromatic heterocycles. The van der Waals surface area contributed by atoms with Crippen molar-refractivity contribution in [2.75, 3.05) is 6.54 Å². The molecule has 112 valence electrons. The molecule has 1 unspecified atom stereocenters. The molecule has 1 aromatic carbocycles. The molecule has 0 spiro atoms. The van der Waals surface area contributed by atoms with Crippen molar-refractivity contribution in [3.05, 3.63) is 48.9 Å². The normalized spacial score (nSPS) is 12.2. The number of allylic oxidation sites excluding steroid dienone is 1. The Balaban J connectivity index is 1.75. The lowest BCUT2D eigenvalue weighted by Gasteiger charge is -2.13. The minimum atomic E-state index is 0.629. The predicted molar refractivity (Wildman–Crippen MR) is 84.7 cm³/mol. The summed E-state index contributed by atoms with van der Waals surface area (Å²) in [4.78, 5) is 4.04. The topological polar surface area (TPSA) is 51.0 Å². The number of rotatable bonds is 9. The highest BCUT2D eigenvalue weighted by Crippen LogP contribution is 2.15. The summed E-state index contributed by atoms with van der Waals surface area (Å²) in [6.45, 7) is 7.98. The van der Waals surface area contributed by atoms with Crippen LogP contribution in [0.4, 0.5) is 0 Å². The Morgan fingerprint density at radius 2 is 2.14 bits per heavy atom. The summed E-state index contributed by atoms with van der Waals surface area (Å²) in [5.41, 5.74) is 2.24. The highest BCUT2D eigenvalue weighted by molar-refractivity contribution is 5.54. The lowest BCUT2D eigenvalue weighted by Crippen LogP contribution is -2.17. The highest BCUT2D eigenvalue weighted by Gasteiger charge is 2.04. The van der Waals surface area contributed by atoms with E-state index in [0.29, 0.717) is 5.82 Å². The summed E-state index contributed by atoms with van der Waals surface area (Å²) in [6.07, 6.45) is 6.89. The van der Waals surface area contributed by atoms with E-state index in [1.165, 1.54) is 24.8 Å². The molecule has 2 rings (SSSR count). The SMILES string of the molecule is C=CCC(CC)CCNCc1ccc(-c2ncon2)cc1. The average molecular weight is 285 g/mol. The van der Waals surface area contributed by atoms with Crippen LogP contribution in [0, 0.1) is 5.92 Å². The number of nitrogens with zero attached hydrogens (tertiary/aromatic N) is 2. The number of aromatic nitrogens is 2. The van der Waals surface area contributed by atoms with Gasteiger partial charge in [0.05, 0.1) is 0 Å². The van der Waals surface area contributed by atoms with Crippen LogP contribution in [0.1, 0.15) is 31.7 Å². The summed E-state index contributed by atoms with van der Waals surface area (Å²) in [5, 5.41) is 7.32. The molecule has 21 heavy (non-hydrogen) atoms. The predicted octanol–water partition coefficient (Wildman–Crippen LogP) is 3.82. The average Bonchev–Trinajstić information content (AvgIpc) is 3.05. The van der Waals surface area contributed by atoms with Gasteiger partial charge in [0.2, 0.25) is 12.2 Å². The van der Waals surface area contributed by atoms with E-state index in [4.69, 9.17) is 4.52 Å². The van der Waals surface area contributed by atoms with Crippen LogP contribution in [0.25, 0.3) is 11.4 Å². The summed E-state index contributed by atoms with van der Waals surface area (Å²) in [6, 6.07) is 8.24. The molecule has 0 radical (unpaired) electrons. The minimum Gasteiger partial charge on any atom is -0.342 e. The Bertz CT molecular complexity index is 519. The molecule has 1 heterocycles. The van der Waals surface area contributed by atoms with Crippen molar-refractivity contribution in [3.63, 3.8) is 0 Å². The second kappa shape index (κ2) is 8.37. The molecule has 4 heteroatoms. The number of hydrogen-bond donors (Lipinski definition) is 1. The van der Waals surface area contributed by atoms with Crippen LogP contribution >= 0.6 is 0 Å². The van der Waals surface area contributed by atoms with E-state index in [1.807, 2.05) is 18.2 Å². The van der Waals surface area contributed by atoms with Gasteiger partial charge < -0.3 is 9.84 Å². The van der Waals surface area contributed by atoms with Gasteiger partial charge in [-0.3, -0.25) is 0 Å². The Morgan fingerprint density at radius 3 is 2.76 bits per heavy atom. The quantitative estimate of drug-likeness (QED) is 0.562. The van der Waals surface area contributed by atoms with E-state index >= 15 is 0 Å². The first-order chi connectivity index (χ1) is 10.3. The smallest absolute Gasteiger partial charge is 0.214 e. The Kier molecular flexibility index (Phi) is 6.16.